The molecule has 0 aliphatic heterocycles. The first kappa shape index (κ1) is 18.1. The van der Waals surface area contributed by atoms with E-state index in [0.29, 0.717) is 23.9 Å². The molecule has 0 bridgehead atoms. The summed E-state index contributed by atoms with van der Waals surface area (Å²) in [4.78, 5) is 28.7. The minimum absolute atomic E-state index is 0.118. The van der Waals surface area contributed by atoms with Gasteiger partial charge in [0.05, 0.1) is 6.61 Å². The zero-order valence-electron chi connectivity index (χ0n) is 14.9. The third-order valence-electron chi connectivity index (χ3n) is 3.55. The van der Waals surface area contributed by atoms with Crippen LogP contribution in [0.4, 0.5) is 11.5 Å². The number of anilines is 2. The Morgan fingerprint density at radius 2 is 1.85 bits per heavy atom. The second kappa shape index (κ2) is 8.13. The third kappa shape index (κ3) is 4.69. The molecule has 0 spiro atoms. The van der Waals surface area contributed by atoms with Gasteiger partial charge in [0.25, 0.3) is 11.8 Å². The molecule has 0 unspecified atom stereocenters. The van der Waals surface area contributed by atoms with Gasteiger partial charge >= 0.3 is 0 Å². The lowest BCUT2D eigenvalue weighted by atomic mass is 10.2. The van der Waals surface area contributed by atoms with Crippen molar-refractivity contribution in [3.8, 4) is 5.75 Å². The van der Waals surface area contributed by atoms with Crippen molar-refractivity contribution in [1.29, 1.82) is 0 Å². The van der Waals surface area contributed by atoms with E-state index in [1.807, 2.05) is 6.92 Å². The number of carbonyl (C=O) groups is 2. The minimum atomic E-state index is -0.425. The number of pyridine rings is 1. The zero-order chi connectivity index (χ0) is 19.2. The molecular formula is C19H18N4O4. The number of rotatable bonds is 6. The van der Waals surface area contributed by atoms with E-state index >= 15 is 0 Å². The van der Waals surface area contributed by atoms with Crippen molar-refractivity contribution in [3.63, 3.8) is 0 Å². The normalized spacial score (nSPS) is 10.3. The molecule has 2 heterocycles. The predicted octanol–water partition coefficient (Wildman–Crippen LogP) is 3.28. The van der Waals surface area contributed by atoms with Crippen LogP contribution in [-0.2, 0) is 0 Å². The van der Waals surface area contributed by atoms with Crippen LogP contribution in [0.1, 0.15) is 33.5 Å². The molecule has 138 valence electrons. The summed E-state index contributed by atoms with van der Waals surface area (Å²) in [6.45, 7) is 4.19. The van der Waals surface area contributed by atoms with Crippen molar-refractivity contribution in [2.75, 3.05) is 17.2 Å². The van der Waals surface area contributed by atoms with Gasteiger partial charge in [0, 0.05) is 23.5 Å². The number of nitrogens with zero attached hydrogens (tertiary/aromatic N) is 2. The molecule has 2 aromatic heterocycles. The molecule has 1 aromatic carbocycles. The number of ether oxygens (including phenoxy) is 1. The van der Waals surface area contributed by atoms with Crippen molar-refractivity contribution >= 4 is 23.3 Å². The van der Waals surface area contributed by atoms with Gasteiger partial charge in [-0.2, -0.15) is 0 Å². The van der Waals surface area contributed by atoms with Crippen LogP contribution in [0.25, 0.3) is 0 Å². The first-order valence-electron chi connectivity index (χ1n) is 8.30. The maximum Gasteiger partial charge on any atom is 0.274 e. The van der Waals surface area contributed by atoms with Gasteiger partial charge in [-0.15, -0.1) is 0 Å². The summed E-state index contributed by atoms with van der Waals surface area (Å²) in [6.07, 6.45) is 1.40. The Kier molecular flexibility index (Phi) is 5.46. The number of carbonyl (C=O) groups excluding carboxylic acids is 2. The van der Waals surface area contributed by atoms with Crippen LogP contribution in [0.2, 0.25) is 0 Å². The van der Waals surface area contributed by atoms with Crippen molar-refractivity contribution in [2.45, 2.75) is 13.8 Å². The van der Waals surface area contributed by atoms with Crippen molar-refractivity contribution < 1.29 is 18.8 Å². The van der Waals surface area contributed by atoms with Crippen LogP contribution in [-0.4, -0.2) is 28.6 Å². The molecule has 8 nitrogen and oxygen atoms in total. The van der Waals surface area contributed by atoms with Crippen LogP contribution in [0.5, 0.6) is 5.75 Å². The van der Waals surface area contributed by atoms with Gasteiger partial charge < -0.3 is 19.9 Å². The smallest absolute Gasteiger partial charge is 0.274 e. The van der Waals surface area contributed by atoms with E-state index in [0.717, 1.165) is 5.75 Å². The highest BCUT2D eigenvalue weighted by molar-refractivity contribution is 6.07. The molecule has 0 aliphatic carbocycles. The summed E-state index contributed by atoms with van der Waals surface area (Å²) in [6, 6.07) is 11.5. The lowest BCUT2D eigenvalue weighted by Crippen LogP contribution is -2.17. The fourth-order valence-corrected chi connectivity index (χ4v) is 2.31. The number of aryl methyl sites for hydroxylation is 1. The first-order chi connectivity index (χ1) is 13.0. The molecule has 0 saturated carbocycles. The summed E-state index contributed by atoms with van der Waals surface area (Å²) < 4.78 is 10.3. The number of aromatic nitrogens is 2. The summed E-state index contributed by atoms with van der Waals surface area (Å²) >= 11 is 0. The molecule has 27 heavy (non-hydrogen) atoms. The Hall–Kier alpha value is -3.68. The average Bonchev–Trinajstić information content (AvgIpc) is 3.08. The van der Waals surface area contributed by atoms with Gasteiger partial charge in [0.2, 0.25) is 0 Å². The molecule has 2 N–H and O–H groups in total. The van der Waals surface area contributed by atoms with E-state index in [9.17, 15) is 9.59 Å². The molecule has 2 amide bonds. The van der Waals surface area contributed by atoms with Crippen LogP contribution >= 0.6 is 0 Å². The number of hydrogen-bond acceptors (Lipinski definition) is 6. The largest absolute Gasteiger partial charge is 0.494 e. The Labute approximate surface area is 155 Å². The van der Waals surface area contributed by atoms with Crippen LogP contribution in [0.3, 0.4) is 0 Å². The highest BCUT2D eigenvalue weighted by Gasteiger charge is 2.13. The Bertz CT molecular complexity index is 950. The summed E-state index contributed by atoms with van der Waals surface area (Å²) in [5.41, 5.74) is 0.994. The molecule has 0 saturated heterocycles. The van der Waals surface area contributed by atoms with E-state index in [-0.39, 0.29) is 11.3 Å². The highest BCUT2D eigenvalue weighted by atomic mass is 16.5. The number of benzene rings is 1. The van der Waals surface area contributed by atoms with Gasteiger partial charge in [-0.1, -0.05) is 5.16 Å². The van der Waals surface area contributed by atoms with E-state index in [2.05, 4.69) is 20.8 Å². The number of nitrogens with one attached hydrogen (secondary N) is 2. The molecule has 0 fully saturated rings. The number of amides is 2. The van der Waals surface area contributed by atoms with Gasteiger partial charge in [0.15, 0.2) is 5.82 Å². The topological polar surface area (TPSA) is 106 Å². The minimum Gasteiger partial charge on any atom is -0.494 e. The predicted molar refractivity (Wildman–Crippen MR) is 99.0 cm³/mol. The Balaban J connectivity index is 1.68. The van der Waals surface area contributed by atoms with E-state index in [1.165, 1.54) is 18.3 Å². The lowest BCUT2D eigenvalue weighted by Gasteiger charge is -2.07. The first-order valence-corrected chi connectivity index (χ1v) is 8.30. The third-order valence-corrected chi connectivity index (χ3v) is 3.55. The molecular weight excluding hydrogens is 348 g/mol. The molecule has 0 radical (unpaired) electrons. The number of hydrogen-bond donors (Lipinski definition) is 2. The Morgan fingerprint density at radius 3 is 2.52 bits per heavy atom. The van der Waals surface area contributed by atoms with Gasteiger partial charge in [-0.25, -0.2) is 0 Å². The summed E-state index contributed by atoms with van der Waals surface area (Å²) in [7, 11) is 0. The van der Waals surface area contributed by atoms with Crippen molar-refractivity contribution in [1.82, 2.24) is 10.1 Å². The fraction of sp³-hybridized carbons (Fsp3) is 0.158. The van der Waals surface area contributed by atoms with Gasteiger partial charge in [-0.05, 0) is 50.2 Å². The molecule has 0 aliphatic rings. The van der Waals surface area contributed by atoms with Crippen LogP contribution in [0, 0.1) is 6.92 Å². The summed E-state index contributed by atoms with van der Waals surface area (Å²) in [5, 5.41) is 9.03. The monoisotopic (exact) mass is 366 g/mol. The molecule has 3 rings (SSSR count). The van der Waals surface area contributed by atoms with E-state index in [1.54, 1.807) is 37.3 Å². The standard InChI is InChI=1S/C19H18N4O4/c1-3-26-15-6-4-14(5-7-15)21-19(25)16-11-13(8-9-20-16)18(24)22-17-10-12(2)27-23-17/h4-11H,3H2,1-2H3,(H,21,25)(H,22,23,24). The van der Waals surface area contributed by atoms with Crippen LogP contribution < -0.4 is 15.4 Å². The maximum atomic E-state index is 12.4. The van der Waals surface area contributed by atoms with E-state index in [4.69, 9.17) is 9.26 Å². The fourth-order valence-electron chi connectivity index (χ4n) is 2.31. The van der Waals surface area contributed by atoms with Crippen LogP contribution in [0.15, 0.2) is 53.2 Å². The quantitative estimate of drug-likeness (QED) is 0.693. The molecule has 0 atom stereocenters. The van der Waals surface area contributed by atoms with Crippen molar-refractivity contribution in [2.24, 2.45) is 0 Å². The van der Waals surface area contributed by atoms with E-state index < -0.39 is 11.8 Å². The maximum absolute atomic E-state index is 12.4. The SMILES string of the molecule is CCOc1ccc(NC(=O)c2cc(C(=O)Nc3cc(C)on3)ccn2)cc1. The lowest BCUT2D eigenvalue weighted by molar-refractivity contribution is 0.102. The Morgan fingerprint density at radius 1 is 1.07 bits per heavy atom. The highest BCUT2D eigenvalue weighted by Crippen LogP contribution is 2.16. The average molecular weight is 366 g/mol. The zero-order valence-corrected chi connectivity index (χ0v) is 14.9. The van der Waals surface area contributed by atoms with Crippen molar-refractivity contribution in [3.05, 3.63) is 65.7 Å². The second-order valence-corrected chi connectivity index (χ2v) is 5.62. The second-order valence-electron chi connectivity index (χ2n) is 5.62. The molecule has 8 heteroatoms. The summed E-state index contributed by atoms with van der Waals surface area (Å²) in [5.74, 6) is 0.757. The molecule has 3 aromatic rings. The van der Waals surface area contributed by atoms with Gasteiger partial charge in [-0.3, -0.25) is 14.6 Å². The van der Waals surface area contributed by atoms with Gasteiger partial charge in [0.1, 0.15) is 17.2 Å².